The van der Waals surface area contributed by atoms with Gasteiger partial charge in [0.1, 0.15) is 19.3 Å². The number of phosphoric ester groups is 2. The number of carbonyl (C=O) groups is 4. The van der Waals surface area contributed by atoms with E-state index in [4.69, 9.17) is 37.0 Å². The summed E-state index contributed by atoms with van der Waals surface area (Å²) in [4.78, 5) is 72.9. The molecule has 0 aliphatic carbocycles. The van der Waals surface area contributed by atoms with Gasteiger partial charge in [-0.3, -0.25) is 37.3 Å². The zero-order valence-corrected chi connectivity index (χ0v) is 66.4. The molecule has 588 valence electrons. The summed E-state index contributed by atoms with van der Waals surface area (Å²) in [5, 5.41) is 10.6. The van der Waals surface area contributed by atoms with Crippen LogP contribution in [0, 0.1) is 5.92 Å². The first-order chi connectivity index (χ1) is 48.0. The Morgan fingerprint density at radius 1 is 0.273 bits per heavy atom. The highest BCUT2D eigenvalue weighted by atomic mass is 31.2. The molecule has 2 unspecified atom stereocenters. The van der Waals surface area contributed by atoms with Gasteiger partial charge in [-0.1, -0.05) is 375 Å². The summed E-state index contributed by atoms with van der Waals surface area (Å²) in [6, 6.07) is 0. The number of rotatable bonds is 80. The molecule has 99 heavy (non-hydrogen) atoms. The fraction of sp³-hybridized carbons (Fsp3) is 0.950. The molecule has 0 aliphatic rings. The van der Waals surface area contributed by atoms with Gasteiger partial charge in [-0.25, -0.2) is 9.13 Å². The van der Waals surface area contributed by atoms with E-state index in [9.17, 15) is 43.2 Å². The molecule has 0 bridgehead atoms. The topological polar surface area (TPSA) is 237 Å². The highest BCUT2D eigenvalue weighted by Crippen LogP contribution is 2.45. The van der Waals surface area contributed by atoms with Crippen LogP contribution in [0.1, 0.15) is 426 Å². The molecule has 0 amide bonds. The van der Waals surface area contributed by atoms with Crippen molar-refractivity contribution >= 4 is 39.5 Å². The van der Waals surface area contributed by atoms with Crippen molar-refractivity contribution in [3.63, 3.8) is 0 Å². The minimum absolute atomic E-state index is 0.108. The predicted molar refractivity (Wildman–Crippen MR) is 405 cm³/mol. The van der Waals surface area contributed by atoms with E-state index in [1.165, 1.54) is 250 Å². The first-order valence-corrected chi connectivity index (χ1v) is 44.6. The number of esters is 4. The Hall–Kier alpha value is -1.94. The van der Waals surface area contributed by atoms with E-state index in [2.05, 4.69) is 34.6 Å². The largest absolute Gasteiger partial charge is 0.472 e. The molecule has 0 radical (unpaired) electrons. The van der Waals surface area contributed by atoms with Crippen LogP contribution in [0.15, 0.2) is 0 Å². The number of unbranched alkanes of at least 4 members (excludes halogenated alkanes) is 52. The molecule has 3 N–H and O–H groups in total. The third-order valence-electron chi connectivity index (χ3n) is 18.8. The van der Waals surface area contributed by atoms with E-state index >= 15 is 0 Å². The second-order valence-corrected chi connectivity index (χ2v) is 32.2. The minimum Gasteiger partial charge on any atom is -0.462 e. The quantitative estimate of drug-likeness (QED) is 0.0222. The standard InChI is InChI=1S/C80H156O17P2/c1-6-9-12-15-18-21-24-26-35-39-44-49-54-59-64-78(83)91-70-76(97-80(85)66-61-56-51-46-41-37-33-31-29-28-30-32-34-38-42-47-52-57-62-73(4)5)72-95-99(88,89)93-68-74(81)67-92-98(86,87)94-71-75(69-90-77(82)63-58-53-48-43-23-20-17-14-11-8-3)96-79(84)65-60-55-50-45-40-36-27-25-22-19-16-13-10-7-2/h73-76,81H,6-72H2,1-5H3,(H,86,87)(H,88,89)/t74-,75+,76+/m0/s1. The van der Waals surface area contributed by atoms with E-state index in [0.717, 1.165) is 95.8 Å². The van der Waals surface area contributed by atoms with Crippen molar-refractivity contribution in [2.75, 3.05) is 39.6 Å². The van der Waals surface area contributed by atoms with Crippen LogP contribution in [0.3, 0.4) is 0 Å². The van der Waals surface area contributed by atoms with Gasteiger partial charge in [0.25, 0.3) is 0 Å². The number of carbonyl (C=O) groups excluding carboxylic acids is 4. The molecule has 0 aromatic heterocycles. The predicted octanol–water partition coefficient (Wildman–Crippen LogP) is 24.0. The average molecular weight is 1450 g/mol. The highest BCUT2D eigenvalue weighted by Gasteiger charge is 2.30. The van der Waals surface area contributed by atoms with Gasteiger partial charge in [0, 0.05) is 25.7 Å². The van der Waals surface area contributed by atoms with Crippen molar-refractivity contribution in [2.45, 2.75) is 445 Å². The lowest BCUT2D eigenvalue weighted by Crippen LogP contribution is -2.30. The van der Waals surface area contributed by atoms with Gasteiger partial charge in [-0.15, -0.1) is 0 Å². The summed E-state index contributed by atoms with van der Waals surface area (Å²) in [7, 11) is -9.91. The van der Waals surface area contributed by atoms with E-state index in [1.54, 1.807) is 0 Å². The summed E-state index contributed by atoms with van der Waals surface area (Å²) in [5.74, 6) is -1.29. The average Bonchev–Trinajstić information content (AvgIpc) is 1.13. The summed E-state index contributed by atoms with van der Waals surface area (Å²) >= 11 is 0. The highest BCUT2D eigenvalue weighted by molar-refractivity contribution is 7.47. The number of aliphatic hydroxyl groups excluding tert-OH is 1. The fourth-order valence-corrected chi connectivity index (χ4v) is 14.0. The molecule has 0 spiro atoms. The van der Waals surface area contributed by atoms with Gasteiger partial charge in [-0.2, -0.15) is 0 Å². The maximum atomic E-state index is 13.1. The molecule has 0 saturated heterocycles. The van der Waals surface area contributed by atoms with Gasteiger partial charge in [0.15, 0.2) is 12.2 Å². The van der Waals surface area contributed by atoms with Crippen LogP contribution >= 0.6 is 15.6 Å². The van der Waals surface area contributed by atoms with Gasteiger partial charge in [0.05, 0.1) is 26.4 Å². The van der Waals surface area contributed by atoms with Crippen molar-refractivity contribution in [3.8, 4) is 0 Å². The molecule has 0 fully saturated rings. The van der Waals surface area contributed by atoms with Gasteiger partial charge in [0.2, 0.25) is 0 Å². The van der Waals surface area contributed by atoms with Crippen LogP contribution in [0.4, 0.5) is 0 Å². The Balaban J connectivity index is 5.21. The maximum absolute atomic E-state index is 13.1. The molecule has 0 aromatic rings. The van der Waals surface area contributed by atoms with Crippen molar-refractivity contribution in [2.24, 2.45) is 5.92 Å². The molecule has 5 atom stereocenters. The van der Waals surface area contributed by atoms with Gasteiger partial charge in [-0.05, 0) is 31.6 Å². The first kappa shape index (κ1) is 97.1. The van der Waals surface area contributed by atoms with Gasteiger partial charge >= 0.3 is 39.5 Å². The van der Waals surface area contributed by atoms with E-state index in [0.29, 0.717) is 25.7 Å². The Morgan fingerprint density at radius 3 is 0.687 bits per heavy atom. The minimum atomic E-state index is -4.96. The zero-order valence-electron chi connectivity index (χ0n) is 64.6. The van der Waals surface area contributed by atoms with Crippen molar-refractivity contribution < 1.29 is 80.2 Å². The van der Waals surface area contributed by atoms with Crippen LogP contribution in [0.5, 0.6) is 0 Å². The number of phosphoric acid groups is 2. The van der Waals surface area contributed by atoms with Crippen LogP contribution in [0.2, 0.25) is 0 Å². The lowest BCUT2D eigenvalue weighted by Gasteiger charge is -2.21. The van der Waals surface area contributed by atoms with Crippen LogP contribution in [-0.2, 0) is 65.4 Å². The monoisotopic (exact) mass is 1450 g/mol. The summed E-state index contributed by atoms with van der Waals surface area (Å²) in [6.45, 7) is 7.36. The SMILES string of the molecule is CCCCCCCCCCCCCCCCC(=O)OC[C@H](COP(=O)(O)OC[C@@H](O)COP(=O)(O)OC[C@@H](COC(=O)CCCCCCCCCCCC)OC(=O)CCCCCCCCCCCCCCCC)OC(=O)CCCCCCCCCCCCCCCCCCCCC(C)C. The van der Waals surface area contributed by atoms with Crippen LogP contribution in [0.25, 0.3) is 0 Å². The molecule has 0 heterocycles. The van der Waals surface area contributed by atoms with Crippen LogP contribution < -0.4 is 0 Å². The number of aliphatic hydroxyl groups is 1. The summed E-state index contributed by atoms with van der Waals surface area (Å²) in [5.41, 5.74) is 0. The number of ether oxygens (including phenoxy) is 4. The fourth-order valence-electron chi connectivity index (χ4n) is 12.4. The zero-order chi connectivity index (χ0) is 72.7. The molecule has 19 heteroatoms. The number of hydrogen-bond donors (Lipinski definition) is 3. The van der Waals surface area contributed by atoms with E-state index < -0.39 is 97.5 Å². The molecular formula is C80H156O17P2. The second-order valence-electron chi connectivity index (χ2n) is 29.3. The van der Waals surface area contributed by atoms with Crippen molar-refractivity contribution in [1.29, 1.82) is 0 Å². The third-order valence-corrected chi connectivity index (χ3v) is 20.7. The maximum Gasteiger partial charge on any atom is 0.472 e. The molecule has 0 saturated carbocycles. The molecule has 0 aliphatic heterocycles. The van der Waals surface area contributed by atoms with E-state index in [1.807, 2.05) is 0 Å². The first-order valence-electron chi connectivity index (χ1n) is 41.6. The van der Waals surface area contributed by atoms with Crippen LogP contribution in [-0.4, -0.2) is 96.7 Å². The van der Waals surface area contributed by atoms with Gasteiger partial charge < -0.3 is 33.8 Å². The summed E-state index contributed by atoms with van der Waals surface area (Å²) < 4.78 is 68.7. The molecular weight excluding hydrogens is 1290 g/mol. The Labute approximate surface area is 607 Å². The molecule has 17 nitrogen and oxygen atoms in total. The Bertz CT molecular complexity index is 1890. The number of hydrogen-bond acceptors (Lipinski definition) is 15. The lowest BCUT2D eigenvalue weighted by atomic mass is 10.0. The smallest absolute Gasteiger partial charge is 0.462 e. The second kappa shape index (κ2) is 73.0. The van der Waals surface area contributed by atoms with E-state index in [-0.39, 0.29) is 25.7 Å². The Morgan fingerprint density at radius 2 is 0.465 bits per heavy atom. The lowest BCUT2D eigenvalue weighted by molar-refractivity contribution is -0.161. The molecule has 0 aromatic carbocycles. The Kier molecular flexibility index (Phi) is 71.6. The normalized spacial score (nSPS) is 13.9. The molecule has 0 rings (SSSR count). The van der Waals surface area contributed by atoms with Crippen molar-refractivity contribution in [1.82, 2.24) is 0 Å². The van der Waals surface area contributed by atoms with Crippen molar-refractivity contribution in [3.05, 3.63) is 0 Å². The third kappa shape index (κ3) is 74.1. The summed E-state index contributed by atoms with van der Waals surface area (Å²) in [6.07, 6.45) is 63.7.